The molecule has 78 valence electrons. The van der Waals surface area contributed by atoms with Gasteiger partial charge in [-0.15, -0.1) is 23.2 Å². The molecule has 6 N–H and O–H groups in total. The van der Waals surface area contributed by atoms with Gasteiger partial charge in [-0.25, -0.2) is 0 Å². The quantitative estimate of drug-likeness (QED) is 0.686. The predicted octanol–water partition coefficient (Wildman–Crippen LogP) is 3.98. The number of hydrogen-bond acceptors (Lipinski definition) is 2. The molecule has 4 heteroatoms. The Bertz CT molecular complexity index is 117. The van der Waals surface area contributed by atoms with Crippen LogP contribution in [0.2, 0.25) is 0 Å². The Morgan fingerprint density at radius 2 is 1.17 bits per heavy atom. The maximum absolute atomic E-state index is 6.22. The summed E-state index contributed by atoms with van der Waals surface area (Å²) >= 11 is 12.3. The summed E-state index contributed by atoms with van der Waals surface area (Å²) < 4.78 is 0. The zero-order valence-electron chi connectivity index (χ0n) is 8.75. The van der Waals surface area contributed by atoms with Crippen molar-refractivity contribution in [3.05, 3.63) is 0 Å². The fraction of sp³-hybridized carbons (Fsp3) is 1.00. The van der Waals surface area contributed by atoms with Crippen molar-refractivity contribution < 1.29 is 0 Å². The van der Waals surface area contributed by atoms with Gasteiger partial charge >= 0.3 is 0 Å². The normalized spacial score (nSPS) is 16.0. The molecule has 0 radical (unpaired) electrons. The molecule has 0 saturated heterocycles. The summed E-state index contributed by atoms with van der Waals surface area (Å²) in [6.07, 6.45) is 0. The van der Waals surface area contributed by atoms with Crippen molar-refractivity contribution in [2.75, 3.05) is 0 Å². The minimum absolute atomic E-state index is 0. The average Bonchev–Trinajstić information content (AvgIpc) is 1.62. The molecule has 0 aromatic carbocycles. The van der Waals surface area contributed by atoms with Crippen LogP contribution >= 0.6 is 23.2 Å². The van der Waals surface area contributed by atoms with E-state index in [9.17, 15) is 0 Å². The van der Waals surface area contributed by atoms with E-state index in [1.165, 1.54) is 0 Å². The van der Waals surface area contributed by atoms with Crippen LogP contribution in [0.15, 0.2) is 0 Å². The summed E-state index contributed by atoms with van der Waals surface area (Å²) in [7, 11) is 0. The van der Waals surface area contributed by atoms with E-state index in [-0.39, 0.29) is 22.0 Å². The van der Waals surface area contributed by atoms with Crippen LogP contribution in [-0.2, 0) is 0 Å². The lowest BCUT2D eigenvalue weighted by atomic mass is 9.86. The van der Waals surface area contributed by atoms with Crippen LogP contribution < -0.4 is 12.3 Å². The Balaban J connectivity index is -0.000000405. The summed E-state index contributed by atoms with van der Waals surface area (Å²) in [5, 5.41) is 0. The summed E-state index contributed by atoms with van der Waals surface area (Å²) in [6.45, 7) is 10.0. The van der Waals surface area contributed by atoms with Crippen molar-refractivity contribution in [3.63, 3.8) is 0 Å². The molecule has 0 aliphatic heterocycles. The van der Waals surface area contributed by atoms with Gasteiger partial charge in [0.25, 0.3) is 0 Å². The summed E-state index contributed by atoms with van der Waals surface area (Å²) in [5.74, 6) is 0.390. The fourth-order valence-corrected chi connectivity index (χ4v) is 0.905. The maximum Gasteiger partial charge on any atom is 0.0627 e. The van der Waals surface area contributed by atoms with E-state index < -0.39 is 0 Å². The molecular formula is C8H22Cl2N2. The third kappa shape index (κ3) is 3.94. The highest BCUT2D eigenvalue weighted by atomic mass is 35.5. The molecular weight excluding hydrogens is 195 g/mol. The molecule has 0 bridgehead atoms. The first kappa shape index (κ1) is 18.3. The Kier molecular flexibility index (Phi) is 8.06. The number of rotatable bonds is 2. The van der Waals surface area contributed by atoms with Crippen molar-refractivity contribution in [1.82, 2.24) is 12.3 Å². The van der Waals surface area contributed by atoms with Gasteiger partial charge < -0.3 is 12.3 Å². The second-order valence-corrected chi connectivity index (χ2v) is 5.43. The Morgan fingerprint density at radius 1 is 0.917 bits per heavy atom. The van der Waals surface area contributed by atoms with Crippen LogP contribution in [0.25, 0.3) is 0 Å². The largest absolute Gasteiger partial charge is 0.344 e. The van der Waals surface area contributed by atoms with Gasteiger partial charge in [-0.2, -0.15) is 0 Å². The monoisotopic (exact) mass is 216 g/mol. The van der Waals surface area contributed by atoms with Crippen LogP contribution in [0, 0.1) is 5.92 Å². The lowest BCUT2D eigenvalue weighted by Crippen LogP contribution is -2.42. The average molecular weight is 217 g/mol. The first-order chi connectivity index (χ1) is 4.19. The van der Waals surface area contributed by atoms with Gasteiger partial charge in [0.05, 0.1) is 9.75 Å². The molecule has 0 fully saturated rings. The highest BCUT2D eigenvalue weighted by Crippen LogP contribution is 2.40. The lowest BCUT2D eigenvalue weighted by Gasteiger charge is -2.37. The Labute approximate surface area is 86.2 Å². The van der Waals surface area contributed by atoms with E-state index in [2.05, 4.69) is 13.8 Å². The van der Waals surface area contributed by atoms with E-state index in [1.54, 1.807) is 0 Å². The molecule has 1 unspecified atom stereocenters. The van der Waals surface area contributed by atoms with E-state index >= 15 is 0 Å². The molecule has 0 spiro atoms. The molecule has 0 heterocycles. The van der Waals surface area contributed by atoms with Gasteiger partial charge in [0.15, 0.2) is 0 Å². The Hall–Kier alpha value is 0.500. The van der Waals surface area contributed by atoms with Crippen molar-refractivity contribution in [2.24, 2.45) is 5.92 Å². The molecule has 0 aliphatic carbocycles. The number of halogens is 2. The minimum atomic E-state index is -0.345. The third-order valence-electron chi connectivity index (χ3n) is 2.25. The van der Waals surface area contributed by atoms with E-state index in [4.69, 9.17) is 23.2 Å². The zero-order valence-corrected chi connectivity index (χ0v) is 10.3. The van der Waals surface area contributed by atoms with Gasteiger partial charge in [-0.1, -0.05) is 13.8 Å². The van der Waals surface area contributed by atoms with Crippen molar-refractivity contribution >= 4 is 23.2 Å². The van der Waals surface area contributed by atoms with Crippen LogP contribution in [0.1, 0.15) is 34.6 Å². The molecule has 0 saturated carbocycles. The Morgan fingerprint density at radius 3 is 1.17 bits per heavy atom. The van der Waals surface area contributed by atoms with Crippen LogP contribution in [0.4, 0.5) is 0 Å². The SMILES string of the molecule is CC(C)C(C)(Cl)C(C)(C)Cl.N.N. The minimum Gasteiger partial charge on any atom is -0.344 e. The smallest absolute Gasteiger partial charge is 0.0627 e. The summed E-state index contributed by atoms with van der Waals surface area (Å²) in [4.78, 5) is -0.669. The number of hydrogen-bond donors (Lipinski definition) is 2. The summed E-state index contributed by atoms with van der Waals surface area (Å²) in [5.41, 5.74) is 0. The second kappa shape index (κ2) is 5.28. The van der Waals surface area contributed by atoms with Gasteiger partial charge in [0, 0.05) is 0 Å². The van der Waals surface area contributed by atoms with E-state index in [0.29, 0.717) is 5.92 Å². The third-order valence-corrected chi connectivity index (χ3v) is 3.64. The predicted molar refractivity (Wildman–Crippen MR) is 59.1 cm³/mol. The lowest BCUT2D eigenvalue weighted by molar-refractivity contribution is 0.376. The van der Waals surface area contributed by atoms with Crippen LogP contribution in [-0.4, -0.2) is 9.75 Å². The van der Waals surface area contributed by atoms with Gasteiger partial charge in [-0.3, -0.25) is 0 Å². The molecule has 0 aliphatic rings. The van der Waals surface area contributed by atoms with Gasteiger partial charge in [0.1, 0.15) is 0 Å². The maximum atomic E-state index is 6.22. The molecule has 12 heavy (non-hydrogen) atoms. The molecule has 0 rings (SSSR count). The highest BCUT2D eigenvalue weighted by molar-refractivity contribution is 6.34. The van der Waals surface area contributed by atoms with Crippen LogP contribution in [0.3, 0.4) is 0 Å². The van der Waals surface area contributed by atoms with Crippen molar-refractivity contribution in [2.45, 2.75) is 44.4 Å². The standard InChI is InChI=1S/C8H16Cl2.2H3N/c1-6(2)8(5,10)7(3,4)9;;/h6H,1-5H3;2*1H3. The molecule has 2 nitrogen and oxygen atoms in total. The van der Waals surface area contributed by atoms with E-state index in [0.717, 1.165) is 0 Å². The second-order valence-electron chi connectivity index (χ2n) is 3.70. The topological polar surface area (TPSA) is 70.0 Å². The van der Waals surface area contributed by atoms with Gasteiger partial charge in [0.2, 0.25) is 0 Å². The summed E-state index contributed by atoms with van der Waals surface area (Å²) in [6, 6.07) is 0. The number of alkyl halides is 2. The van der Waals surface area contributed by atoms with E-state index in [1.807, 2.05) is 20.8 Å². The highest BCUT2D eigenvalue weighted by Gasteiger charge is 2.40. The van der Waals surface area contributed by atoms with Crippen molar-refractivity contribution in [3.8, 4) is 0 Å². The fourth-order valence-electron chi connectivity index (χ4n) is 0.686. The zero-order chi connectivity index (χ0) is 8.58. The molecule has 0 aromatic heterocycles. The first-order valence-corrected chi connectivity index (χ1v) is 4.33. The first-order valence-electron chi connectivity index (χ1n) is 3.57. The molecule has 1 atom stereocenters. The molecule has 0 aromatic rings. The van der Waals surface area contributed by atoms with Crippen LogP contribution in [0.5, 0.6) is 0 Å². The molecule has 0 amide bonds. The van der Waals surface area contributed by atoms with Crippen molar-refractivity contribution in [1.29, 1.82) is 0 Å². The van der Waals surface area contributed by atoms with Gasteiger partial charge in [-0.05, 0) is 26.7 Å².